The van der Waals surface area contributed by atoms with Crippen LogP contribution in [0, 0.1) is 5.92 Å². The van der Waals surface area contributed by atoms with Gasteiger partial charge in [0.1, 0.15) is 0 Å². The number of aryl methyl sites for hydroxylation is 1. The van der Waals surface area contributed by atoms with E-state index in [-0.39, 0.29) is 0 Å². The molecule has 2 aliphatic rings. The number of ether oxygens (including phenoxy) is 2. The summed E-state index contributed by atoms with van der Waals surface area (Å²) < 4.78 is 10.9. The summed E-state index contributed by atoms with van der Waals surface area (Å²) in [7, 11) is 0. The van der Waals surface area contributed by atoms with E-state index in [0.717, 1.165) is 43.3 Å². The molecule has 0 bridgehead atoms. The van der Waals surface area contributed by atoms with Crippen LogP contribution in [0.1, 0.15) is 24.5 Å². The first-order chi connectivity index (χ1) is 8.36. The molecule has 0 spiro atoms. The van der Waals surface area contributed by atoms with Crippen molar-refractivity contribution in [2.45, 2.75) is 26.2 Å². The largest absolute Gasteiger partial charge is 0.454 e. The lowest BCUT2D eigenvalue weighted by atomic mass is 9.93. The highest BCUT2D eigenvalue weighted by molar-refractivity contribution is 5.49. The van der Waals surface area contributed by atoms with Crippen LogP contribution in [0.4, 0.5) is 0 Å². The summed E-state index contributed by atoms with van der Waals surface area (Å²) in [5.41, 5.74) is 2.84. The van der Waals surface area contributed by atoms with Crippen molar-refractivity contribution in [1.82, 2.24) is 5.32 Å². The third kappa shape index (κ3) is 2.12. The molecule has 0 radical (unpaired) electrons. The SMILES string of the molecule is CCc1cc2c(cc1CC1CCNC1)OCO2. The molecule has 3 nitrogen and oxygen atoms in total. The van der Waals surface area contributed by atoms with Crippen LogP contribution in [-0.2, 0) is 12.8 Å². The zero-order valence-corrected chi connectivity index (χ0v) is 10.3. The molecule has 17 heavy (non-hydrogen) atoms. The van der Waals surface area contributed by atoms with Crippen molar-refractivity contribution < 1.29 is 9.47 Å². The van der Waals surface area contributed by atoms with Gasteiger partial charge in [-0.3, -0.25) is 0 Å². The normalized spacial score (nSPS) is 22.1. The van der Waals surface area contributed by atoms with E-state index in [4.69, 9.17) is 9.47 Å². The third-order valence-electron chi connectivity index (χ3n) is 3.75. The Balaban J connectivity index is 1.86. The molecule has 0 saturated carbocycles. The van der Waals surface area contributed by atoms with Crippen molar-refractivity contribution in [1.29, 1.82) is 0 Å². The molecule has 2 heterocycles. The second-order valence-electron chi connectivity index (χ2n) is 4.89. The smallest absolute Gasteiger partial charge is 0.231 e. The van der Waals surface area contributed by atoms with Crippen LogP contribution in [0.3, 0.4) is 0 Å². The van der Waals surface area contributed by atoms with Crippen molar-refractivity contribution in [3.63, 3.8) is 0 Å². The van der Waals surface area contributed by atoms with Crippen LogP contribution in [0.5, 0.6) is 11.5 Å². The van der Waals surface area contributed by atoms with Crippen molar-refractivity contribution in [3.8, 4) is 11.5 Å². The topological polar surface area (TPSA) is 30.5 Å². The van der Waals surface area contributed by atoms with Crippen LogP contribution in [-0.4, -0.2) is 19.9 Å². The molecule has 3 rings (SSSR count). The van der Waals surface area contributed by atoms with Crippen molar-refractivity contribution in [2.24, 2.45) is 5.92 Å². The molecule has 0 aromatic heterocycles. The molecule has 2 aliphatic heterocycles. The summed E-state index contributed by atoms with van der Waals surface area (Å²) in [5.74, 6) is 2.61. The quantitative estimate of drug-likeness (QED) is 0.867. The fraction of sp³-hybridized carbons (Fsp3) is 0.571. The van der Waals surface area contributed by atoms with Crippen LogP contribution < -0.4 is 14.8 Å². The molecular formula is C14H19NO2. The number of benzene rings is 1. The summed E-state index contributed by atoms with van der Waals surface area (Å²) in [6.07, 6.45) is 3.51. The van der Waals surface area contributed by atoms with Gasteiger partial charge in [-0.1, -0.05) is 6.92 Å². The van der Waals surface area contributed by atoms with Gasteiger partial charge in [-0.05, 0) is 61.5 Å². The molecule has 92 valence electrons. The fourth-order valence-electron chi connectivity index (χ4n) is 2.74. The Kier molecular flexibility index (Phi) is 2.93. The van der Waals surface area contributed by atoms with Crippen molar-refractivity contribution in [2.75, 3.05) is 19.9 Å². The van der Waals surface area contributed by atoms with Crippen molar-refractivity contribution >= 4 is 0 Å². The maximum atomic E-state index is 5.47. The van der Waals surface area contributed by atoms with Crippen LogP contribution in [0.15, 0.2) is 12.1 Å². The first-order valence-electron chi connectivity index (χ1n) is 6.49. The van der Waals surface area contributed by atoms with Crippen LogP contribution in [0.2, 0.25) is 0 Å². The molecule has 3 heteroatoms. The van der Waals surface area contributed by atoms with E-state index < -0.39 is 0 Å². The van der Waals surface area contributed by atoms with Gasteiger partial charge in [0.05, 0.1) is 0 Å². The highest BCUT2D eigenvalue weighted by Gasteiger charge is 2.20. The molecule has 1 aromatic rings. The Morgan fingerprint density at radius 2 is 2.00 bits per heavy atom. The summed E-state index contributed by atoms with van der Waals surface area (Å²) in [6, 6.07) is 4.33. The second kappa shape index (κ2) is 4.57. The summed E-state index contributed by atoms with van der Waals surface area (Å²) in [6.45, 7) is 4.88. The predicted molar refractivity (Wildman–Crippen MR) is 66.6 cm³/mol. The Labute approximate surface area is 102 Å². The van der Waals surface area contributed by atoms with E-state index >= 15 is 0 Å². The maximum absolute atomic E-state index is 5.47. The minimum atomic E-state index is 0.368. The molecule has 1 unspecified atom stereocenters. The lowest BCUT2D eigenvalue weighted by Gasteiger charge is -2.13. The van der Waals surface area contributed by atoms with Gasteiger partial charge >= 0.3 is 0 Å². The monoisotopic (exact) mass is 233 g/mol. The fourth-order valence-corrected chi connectivity index (χ4v) is 2.74. The van der Waals surface area contributed by atoms with E-state index in [1.54, 1.807) is 0 Å². The number of rotatable bonds is 3. The summed E-state index contributed by atoms with van der Waals surface area (Å²) in [5, 5.41) is 3.43. The number of hydrogen-bond donors (Lipinski definition) is 1. The Morgan fingerprint density at radius 1 is 1.24 bits per heavy atom. The standard InChI is InChI=1S/C14H19NO2/c1-2-11-6-13-14(17-9-16-13)7-12(11)5-10-3-4-15-8-10/h6-7,10,15H,2-5,8-9H2,1H3. The maximum Gasteiger partial charge on any atom is 0.231 e. The molecular weight excluding hydrogens is 214 g/mol. The zero-order chi connectivity index (χ0) is 11.7. The second-order valence-corrected chi connectivity index (χ2v) is 4.89. The third-order valence-corrected chi connectivity index (χ3v) is 3.75. The minimum absolute atomic E-state index is 0.368. The average molecular weight is 233 g/mol. The molecule has 1 atom stereocenters. The van der Waals surface area contributed by atoms with Crippen LogP contribution in [0.25, 0.3) is 0 Å². The summed E-state index contributed by atoms with van der Waals surface area (Å²) >= 11 is 0. The molecule has 1 fully saturated rings. The number of fused-ring (bicyclic) bond motifs is 1. The minimum Gasteiger partial charge on any atom is -0.454 e. The van der Waals surface area contributed by atoms with E-state index in [1.807, 2.05) is 0 Å². The molecule has 1 saturated heterocycles. The van der Waals surface area contributed by atoms with E-state index in [0.29, 0.717) is 6.79 Å². The number of nitrogens with one attached hydrogen (secondary N) is 1. The van der Waals surface area contributed by atoms with Gasteiger partial charge in [-0.15, -0.1) is 0 Å². The van der Waals surface area contributed by atoms with Gasteiger partial charge in [-0.25, -0.2) is 0 Å². The van der Waals surface area contributed by atoms with Gasteiger partial charge in [0, 0.05) is 0 Å². The van der Waals surface area contributed by atoms with E-state index in [9.17, 15) is 0 Å². The highest BCUT2D eigenvalue weighted by atomic mass is 16.7. The predicted octanol–water partition coefficient (Wildman–Crippen LogP) is 2.13. The first kappa shape index (κ1) is 10.9. The Morgan fingerprint density at radius 3 is 2.65 bits per heavy atom. The molecule has 0 aliphatic carbocycles. The number of hydrogen-bond acceptors (Lipinski definition) is 3. The van der Waals surface area contributed by atoms with Gasteiger partial charge < -0.3 is 14.8 Å². The zero-order valence-electron chi connectivity index (χ0n) is 10.3. The van der Waals surface area contributed by atoms with E-state index in [2.05, 4.69) is 24.4 Å². The Bertz CT molecular complexity index is 411. The lowest BCUT2D eigenvalue weighted by molar-refractivity contribution is 0.174. The summed E-state index contributed by atoms with van der Waals surface area (Å²) in [4.78, 5) is 0. The molecule has 1 aromatic carbocycles. The van der Waals surface area contributed by atoms with Gasteiger partial charge in [0.15, 0.2) is 11.5 Å². The molecule has 0 amide bonds. The first-order valence-corrected chi connectivity index (χ1v) is 6.49. The van der Waals surface area contributed by atoms with Gasteiger partial charge in [0.25, 0.3) is 0 Å². The van der Waals surface area contributed by atoms with Gasteiger partial charge in [-0.2, -0.15) is 0 Å². The Hall–Kier alpha value is -1.22. The van der Waals surface area contributed by atoms with Crippen molar-refractivity contribution in [3.05, 3.63) is 23.3 Å². The lowest BCUT2D eigenvalue weighted by Crippen LogP contribution is -2.11. The van der Waals surface area contributed by atoms with Gasteiger partial charge in [0.2, 0.25) is 6.79 Å². The molecule has 1 N–H and O–H groups in total. The van der Waals surface area contributed by atoms with Crippen LogP contribution >= 0.6 is 0 Å². The highest BCUT2D eigenvalue weighted by Crippen LogP contribution is 2.36. The average Bonchev–Trinajstić information content (AvgIpc) is 2.98. The van der Waals surface area contributed by atoms with E-state index in [1.165, 1.54) is 17.5 Å².